The Hall–Kier alpha value is -3.77. The number of benzene rings is 2. The second-order valence-corrected chi connectivity index (χ2v) is 10.2. The number of hydrogen-bond donors (Lipinski definition) is 0. The van der Waals surface area contributed by atoms with Gasteiger partial charge in [0.05, 0.1) is 19.1 Å². The summed E-state index contributed by atoms with van der Waals surface area (Å²) in [5, 5.41) is 4.39. The largest absolute Gasteiger partial charge is 0.493 e. The molecule has 0 radical (unpaired) electrons. The van der Waals surface area contributed by atoms with Crippen LogP contribution in [0.3, 0.4) is 0 Å². The second kappa shape index (κ2) is 9.70. The van der Waals surface area contributed by atoms with Gasteiger partial charge in [-0.1, -0.05) is 6.07 Å². The van der Waals surface area contributed by atoms with Crippen LogP contribution >= 0.6 is 0 Å². The number of methoxy groups -OCH3 is 2. The smallest absolute Gasteiger partial charge is 0.254 e. The summed E-state index contributed by atoms with van der Waals surface area (Å²) in [6.07, 6.45) is 3.76. The van der Waals surface area contributed by atoms with E-state index in [1.807, 2.05) is 18.2 Å². The van der Waals surface area contributed by atoms with Crippen molar-refractivity contribution < 1.29 is 22.3 Å². The number of hydrogen-bond acceptors (Lipinski definition) is 8. The van der Waals surface area contributed by atoms with Crippen molar-refractivity contribution in [1.29, 1.82) is 0 Å². The zero-order chi connectivity index (χ0) is 25.3. The summed E-state index contributed by atoms with van der Waals surface area (Å²) < 4.78 is 53.7. The van der Waals surface area contributed by atoms with Gasteiger partial charge in [0.15, 0.2) is 11.5 Å². The molecule has 1 aliphatic heterocycles. The lowest BCUT2D eigenvalue weighted by Gasteiger charge is -2.26. The van der Waals surface area contributed by atoms with Crippen LogP contribution in [0.25, 0.3) is 16.9 Å². The molecule has 1 fully saturated rings. The van der Waals surface area contributed by atoms with Gasteiger partial charge in [-0.05, 0) is 48.4 Å². The average molecular weight is 513 g/mol. The van der Waals surface area contributed by atoms with Gasteiger partial charge in [-0.25, -0.2) is 17.8 Å². The number of rotatable bonds is 6. The predicted octanol–water partition coefficient (Wildman–Crippen LogP) is 2.85. The van der Waals surface area contributed by atoms with Crippen LogP contribution < -0.4 is 14.4 Å². The molecule has 3 heterocycles. The van der Waals surface area contributed by atoms with E-state index in [0.29, 0.717) is 43.3 Å². The maximum absolute atomic E-state index is 13.3. The summed E-state index contributed by atoms with van der Waals surface area (Å²) in [7, 11) is -0.602. The van der Waals surface area contributed by atoms with Crippen molar-refractivity contribution in [2.24, 2.45) is 0 Å². The maximum atomic E-state index is 13.3. The first-order valence-electron chi connectivity index (χ1n) is 11.3. The molecule has 0 bridgehead atoms. The Bertz CT molecular complexity index is 1490. The number of fused-ring (bicyclic) bond motifs is 1. The Labute approximate surface area is 208 Å². The van der Waals surface area contributed by atoms with E-state index in [2.05, 4.69) is 20.0 Å². The van der Waals surface area contributed by atoms with Gasteiger partial charge in [0, 0.05) is 37.9 Å². The van der Waals surface area contributed by atoms with Crippen LogP contribution in [0.15, 0.2) is 59.9 Å². The number of nitrogens with zero attached hydrogens (tertiary/aromatic N) is 6. The minimum absolute atomic E-state index is 0.0749. The fourth-order valence-corrected chi connectivity index (χ4v) is 5.85. The van der Waals surface area contributed by atoms with Gasteiger partial charge >= 0.3 is 0 Å². The molecule has 0 N–H and O–H groups in total. The first-order chi connectivity index (χ1) is 17.4. The summed E-state index contributed by atoms with van der Waals surface area (Å²) in [4.78, 5) is 10.8. The monoisotopic (exact) mass is 512 g/mol. The highest BCUT2D eigenvalue weighted by Crippen LogP contribution is 2.36. The van der Waals surface area contributed by atoms with Crippen LogP contribution in [0, 0.1) is 5.82 Å². The molecule has 2 aromatic carbocycles. The average Bonchev–Trinajstić information content (AvgIpc) is 3.23. The van der Waals surface area contributed by atoms with Crippen LogP contribution in [0.4, 0.5) is 10.2 Å². The van der Waals surface area contributed by atoms with Crippen molar-refractivity contribution in [1.82, 2.24) is 23.9 Å². The summed E-state index contributed by atoms with van der Waals surface area (Å²) in [6.45, 7) is 1.60. The lowest BCUT2D eigenvalue weighted by Crippen LogP contribution is -2.35. The molecule has 2 aromatic heterocycles. The van der Waals surface area contributed by atoms with Crippen molar-refractivity contribution in [3.05, 3.63) is 60.8 Å². The Balaban J connectivity index is 1.51. The molecular weight excluding hydrogens is 487 g/mol. The molecule has 0 amide bonds. The SMILES string of the molecule is COc1ccc(-c2cnc3ncnn3c2N2CCCN(S(=O)(=O)c3ccc(F)cc3)CC2)cc1OC. The van der Waals surface area contributed by atoms with Crippen molar-refractivity contribution in [3.63, 3.8) is 0 Å². The van der Waals surface area contributed by atoms with E-state index in [0.717, 1.165) is 29.1 Å². The summed E-state index contributed by atoms with van der Waals surface area (Å²) in [5.41, 5.74) is 1.64. The molecule has 0 unspecified atom stereocenters. The van der Waals surface area contributed by atoms with Crippen molar-refractivity contribution in [2.45, 2.75) is 11.3 Å². The van der Waals surface area contributed by atoms with Gasteiger partial charge in [-0.3, -0.25) is 0 Å². The number of aromatic nitrogens is 4. The second-order valence-electron chi connectivity index (χ2n) is 8.24. The van der Waals surface area contributed by atoms with E-state index in [-0.39, 0.29) is 11.4 Å². The minimum Gasteiger partial charge on any atom is -0.493 e. The Morgan fingerprint density at radius 3 is 2.44 bits per heavy atom. The topological polar surface area (TPSA) is 102 Å². The van der Waals surface area contributed by atoms with Crippen molar-refractivity contribution in [3.8, 4) is 22.6 Å². The van der Waals surface area contributed by atoms with Crippen LogP contribution in [-0.4, -0.2) is 72.7 Å². The first kappa shape index (κ1) is 23.9. The number of anilines is 1. The fourth-order valence-electron chi connectivity index (χ4n) is 4.38. The normalized spacial score (nSPS) is 15.1. The molecule has 1 aliphatic rings. The van der Waals surface area contributed by atoms with Gasteiger partial charge in [-0.2, -0.15) is 18.9 Å². The molecule has 4 aromatic rings. The zero-order valence-electron chi connectivity index (χ0n) is 19.8. The Morgan fingerprint density at radius 2 is 1.69 bits per heavy atom. The number of ether oxygens (including phenoxy) is 2. The van der Waals surface area contributed by atoms with Gasteiger partial charge < -0.3 is 14.4 Å². The molecule has 5 rings (SSSR count). The summed E-state index contributed by atoms with van der Waals surface area (Å²) in [6, 6.07) is 10.5. The van der Waals surface area contributed by atoms with Gasteiger partial charge in [0.1, 0.15) is 18.0 Å². The van der Waals surface area contributed by atoms with Gasteiger partial charge in [-0.15, -0.1) is 0 Å². The molecule has 0 spiro atoms. The highest BCUT2D eigenvalue weighted by molar-refractivity contribution is 7.89. The van der Waals surface area contributed by atoms with Crippen molar-refractivity contribution in [2.75, 3.05) is 45.3 Å². The summed E-state index contributed by atoms with van der Waals surface area (Å²) >= 11 is 0. The summed E-state index contributed by atoms with van der Waals surface area (Å²) in [5.74, 6) is 1.90. The molecule has 188 valence electrons. The van der Waals surface area contributed by atoms with E-state index < -0.39 is 15.8 Å². The molecule has 0 saturated carbocycles. The van der Waals surface area contributed by atoms with E-state index in [1.54, 1.807) is 24.9 Å². The fraction of sp³-hybridized carbons (Fsp3) is 0.292. The number of sulfonamides is 1. The highest BCUT2D eigenvalue weighted by Gasteiger charge is 2.29. The van der Waals surface area contributed by atoms with E-state index in [9.17, 15) is 12.8 Å². The van der Waals surface area contributed by atoms with Gasteiger partial charge in [0.2, 0.25) is 10.0 Å². The van der Waals surface area contributed by atoms with Crippen LogP contribution in [0.5, 0.6) is 11.5 Å². The molecule has 0 atom stereocenters. The quantitative estimate of drug-likeness (QED) is 0.389. The molecule has 0 aliphatic carbocycles. The zero-order valence-corrected chi connectivity index (χ0v) is 20.7. The predicted molar refractivity (Wildman–Crippen MR) is 131 cm³/mol. The highest BCUT2D eigenvalue weighted by atomic mass is 32.2. The van der Waals surface area contributed by atoms with E-state index >= 15 is 0 Å². The van der Waals surface area contributed by atoms with E-state index in [1.165, 1.54) is 22.8 Å². The lowest BCUT2D eigenvalue weighted by atomic mass is 10.1. The van der Waals surface area contributed by atoms with Crippen molar-refractivity contribution >= 4 is 21.6 Å². The third kappa shape index (κ3) is 4.33. The first-order valence-corrected chi connectivity index (χ1v) is 12.8. The van der Waals surface area contributed by atoms with Gasteiger partial charge in [0.25, 0.3) is 5.78 Å². The Kier molecular flexibility index (Phi) is 6.46. The third-order valence-corrected chi connectivity index (χ3v) is 8.09. The van der Waals surface area contributed by atoms with E-state index in [4.69, 9.17) is 9.47 Å². The molecule has 10 nitrogen and oxygen atoms in total. The molecule has 36 heavy (non-hydrogen) atoms. The van der Waals surface area contributed by atoms with Crippen LogP contribution in [-0.2, 0) is 10.0 Å². The third-order valence-electron chi connectivity index (χ3n) is 6.18. The standard InChI is InChI=1S/C24H25FN6O4S/c1-34-21-9-4-17(14-22(21)35-2)20-15-26-24-27-16-28-31(24)23(20)29-10-3-11-30(13-12-29)36(32,33)19-7-5-18(25)6-8-19/h4-9,14-16H,3,10-13H2,1-2H3. The molecule has 1 saturated heterocycles. The lowest BCUT2D eigenvalue weighted by molar-refractivity contribution is 0.355. The van der Waals surface area contributed by atoms with Crippen LogP contribution in [0.2, 0.25) is 0 Å². The molecule has 12 heteroatoms. The minimum atomic E-state index is -3.76. The molecular formula is C24H25FN6O4S. The van der Waals surface area contributed by atoms with Crippen LogP contribution in [0.1, 0.15) is 6.42 Å². The number of halogens is 1. The maximum Gasteiger partial charge on any atom is 0.254 e. The Morgan fingerprint density at radius 1 is 0.917 bits per heavy atom.